The molecule has 0 aromatic carbocycles. The van der Waals surface area contributed by atoms with Crippen LogP contribution in [0.5, 0.6) is 0 Å². The molecule has 2 atom stereocenters. The summed E-state index contributed by atoms with van der Waals surface area (Å²) in [7, 11) is 0. The van der Waals surface area contributed by atoms with Crippen molar-refractivity contribution in [3.05, 3.63) is 0 Å². The normalized spacial score (nSPS) is 28.1. The molecule has 1 N–H and O–H groups in total. The first-order chi connectivity index (χ1) is 9.84. The van der Waals surface area contributed by atoms with Crippen molar-refractivity contribution in [1.82, 2.24) is 10.2 Å². The highest BCUT2D eigenvalue weighted by molar-refractivity contribution is 5.97. The third kappa shape index (κ3) is 3.58. The van der Waals surface area contributed by atoms with Gasteiger partial charge in [-0.15, -0.1) is 0 Å². The van der Waals surface area contributed by atoms with Crippen LogP contribution in [0.25, 0.3) is 0 Å². The van der Waals surface area contributed by atoms with Gasteiger partial charge in [0, 0.05) is 6.54 Å². The van der Waals surface area contributed by atoms with Gasteiger partial charge in [0.05, 0.1) is 0 Å². The van der Waals surface area contributed by atoms with E-state index in [4.69, 9.17) is 0 Å². The molecule has 1 heterocycles. The monoisotopic (exact) mass is 294 g/mol. The quantitative estimate of drug-likeness (QED) is 0.866. The molecule has 1 saturated heterocycles. The van der Waals surface area contributed by atoms with E-state index in [0.717, 1.165) is 19.4 Å². The Labute approximate surface area is 128 Å². The Morgan fingerprint density at radius 1 is 1.19 bits per heavy atom. The second-order valence-electron chi connectivity index (χ2n) is 7.75. The van der Waals surface area contributed by atoms with Crippen molar-refractivity contribution >= 4 is 11.8 Å². The third-order valence-corrected chi connectivity index (χ3v) is 4.85. The molecule has 21 heavy (non-hydrogen) atoms. The molecule has 0 radical (unpaired) electrons. The SMILES string of the molecule is CCCC1C(=O)NC(C(C)(C)C)C(=O)N1CC1CCCC1. The van der Waals surface area contributed by atoms with Gasteiger partial charge in [-0.2, -0.15) is 0 Å². The summed E-state index contributed by atoms with van der Waals surface area (Å²) in [6.07, 6.45) is 6.61. The number of nitrogens with one attached hydrogen (secondary N) is 1. The number of hydrogen-bond acceptors (Lipinski definition) is 2. The van der Waals surface area contributed by atoms with Crippen molar-refractivity contribution < 1.29 is 9.59 Å². The molecule has 4 heteroatoms. The molecule has 1 saturated carbocycles. The number of nitrogens with zero attached hydrogens (tertiary/aromatic N) is 1. The van der Waals surface area contributed by atoms with Gasteiger partial charge in [-0.3, -0.25) is 9.59 Å². The standard InChI is InChI=1S/C17H30N2O2/c1-5-8-13-15(20)18-14(17(2,3)4)16(21)19(13)11-12-9-6-7-10-12/h12-14H,5-11H2,1-4H3,(H,18,20). The molecule has 0 spiro atoms. The maximum atomic E-state index is 12.9. The first-order valence-corrected chi connectivity index (χ1v) is 8.45. The molecule has 0 bridgehead atoms. The Morgan fingerprint density at radius 3 is 2.33 bits per heavy atom. The number of carbonyl (C=O) groups excluding carboxylic acids is 2. The molecule has 120 valence electrons. The zero-order valence-corrected chi connectivity index (χ0v) is 13.9. The van der Waals surface area contributed by atoms with E-state index in [9.17, 15) is 9.59 Å². The van der Waals surface area contributed by atoms with Crippen LogP contribution in [0.15, 0.2) is 0 Å². The van der Waals surface area contributed by atoms with Crippen molar-refractivity contribution in [2.24, 2.45) is 11.3 Å². The minimum absolute atomic E-state index is 0.0365. The maximum Gasteiger partial charge on any atom is 0.246 e. The van der Waals surface area contributed by atoms with Crippen LogP contribution in [0.4, 0.5) is 0 Å². The summed E-state index contributed by atoms with van der Waals surface area (Å²) in [6.45, 7) is 8.89. The highest BCUT2D eigenvalue weighted by atomic mass is 16.2. The van der Waals surface area contributed by atoms with Gasteiger partial charge in [0.1, 0.15) is 12.1 Å². The van der Waals surface area contributed by atoms with E-state index in [0.29, 0.717) is 5.92 Å². The van der Waals surface area contributed by atoms with E-state index in [1.807, 2.05) is 25.7 Å². The fourth-order valence-corrected chi connectivity index (χ4v) is 3.60. The summed E-state index contributed by atoms with van der Waals surface area (Å²) >= 11 is 0. The van der Waals surface area contributed by atoms with Crippen molar-refractivity contribution in [2.45, 2.75) is 78.3 Å². The molecule has 0 aromatic rings. The van der Waals surface area contributed by atoms with E-state index >= 15 is 0 Å². The number of hydrogen-bond donors (Lipinski definition) is 1. The summed E-state index contributed by atoms with van der Waals surface area (Å²) in [5.41, 5.74) is -0.238. The zero-order valence-electron chi connectivity index (χ0n) is 13.9. The van der Waals surface area contributed by atoms with Crippen molar-refractivity contribution in [1.29, 1.82) is 0 Å². The highest BCUT2D eigenvalue weighted by Gasteiger charge is 2.45. The predicted molar refractivity (Wildman–Crippen MR) is 83.8 cm³/mol. The average Bonchev–Trinajstić information content (AvgIpc) is 2.89. The Kier molecular flexibility index (Phi) is 4.95. The van der Waals surface area contributed by atoms with E-state index in [1.165, 1.54) is 25.7 Å². The number of piperazine rings is 1. The molecule has 2 amide bonds. The van der Waals surface area contributed by atoms with Crippen LogP contribution in [0, 0.1) is 11.3 Å². The van der Waals surface area contributed by atoms with E-state index < -0.39 is 0 Å². The zero-order chi connectivity index (χ0) is 15.6. The molecular weight excluding hydrogens is 264 g/mol. The van der Waals surface area contributed by atoms with E-state index in [-0.39, 0.29) is 29.3 Å². The summed E-state index contributed by atoms with van der Waals surface area (Å²) in [4.78, 5) is 27.3. The fourth-order valence-electron chi connectivity index (χ4n) is 3.60. The van der Waals surface area contributed by atoms with Gasteiger partial charge in [0.25, 0.3) is 0 Å². The van der Waals surface area contributed by atoms with Crippen LogP contribution in [0.1, 0.15) is 66.2 Å². The van der Waals surface area contributed by atoms with Crippen LogP contribution in [0.2, 0.25) is 0 Å². The van der Waals surface area contributed by atoms with Gasteiger partial charge < -0.3 is 10.2 Å². The Bertz CT molecular complexity index is 394. The van der Waals surface area contributed by atoms with Crippen LogP contribution >= 0.6 is 0 Å². The Balaban J connectivity index is 2.19. The van der Waals surface area contributed by atoms with Gasteiger partial charge in [-0.1, -0.05) is 47.0 Å². The first-order valence-electron chi connectivity index (χ1n) is 8.45. The third-order valence-electron chi connectivity index (χ3n) is 4.85. The molecule has 2 aliphatic rings. The van der Waals surface area contributed by atoms with Crippen molar-refractivity contribution in [3.63, 3.8) is 0 Å². The minimum atomic E-state index is -0.389. The van der Waals surface area contributed by atoms with E-state index in [2.05, 4.69) is 12.2 Å². The van der Waals surface area contributed by atoms with Crippen LogP contribution < -0.4 is 5.32 Å². The largest absolute Gasteiger partial charge is 0.342 e. The van der Waals surface area contributed by atoms with Gasteiger partial charge in [0.2, 0.25) is 11.8 Å². The lowest BCUT2D eigenvalue weighted by Gasteiger charge is -2.44. The summed E-state index contributed by atoms with van der Waals surface area (Å²) in [6, 6.07) is -0.652. The lowest BCUT2D eigenvalue weighted by atomic mass is 9.83. The smallest absolute Gasteiger partial charge is 0.246 e. The summed E-state index contributed by atoms with van der Waals surface area (Å²) in [5.74, 6) is 0.738. The Morgan fingerprint density at radius 2 is 1.81 bits per heavy atom. The van der Waals surface area contributed by atoms with Gasteiger partial charge in [-0.05, 0) is 30.6 Å². The molecule has 4 nitrogen and oxygen atoms in total. The summed E-state index contributed by atoms with van der Waals surface area (Å²) < 4.78 is 0. The average molecular weight is 294 g/mol. The Hall–Kier alpha value is -1.06. The van der Waals surface area contributed by atoms with Gasteiger partial charge in [-0.25, -0.2) is 0 Å². The number of carbonyl (C=O) groups is 2. The second-order valence-corrected chi connectivity index (χ2v) is 7.75. The van der Waals surface area contributed by atoms with Crippen LogP contribution in [-0.2, 0) is 9.59 Å². The van der Waals surface area contributed by atoms with Crippen LogP contribution in [-0.4, -0.2) is 35.3 Å². The van der Waals surface area contributed by atoms with Crippen molar-refractivity contribution in [2.75, 3.05) is 6.54 Å². The highest BCUT2D eigenvalue weighted by Crippen LogP contribution is 2.30. The molecule has 2 fully saturated rings. The molecular formula is C17H30N2O2. The molecule has 2 rings (SSSR count). The lowest BCUT2D eigenvalue weighted by molar-refractivity contribution is -0.153. The van der Waals surface area contributed by atoms with E-state index in [1.54, 1.807) is 0 Å². The first kappa shape index (κ1) is 16.3. The fraction of sp³-hybridized carbons (Fsp3) is 0.882. The second kappa shape index (κ2) is 6.37. The van der Waals surface area contributed by atoms with Crippen LogP contribution in [0.3, 0.4) is 0 Å². The molecule has 0 aromatic heterocycles. The van der Waals surface area contributed by atoms with Gasteiger partial charge in [0.15, 0.2) is 0 Å². The molecule has 1 aliphatic carbocycles. The molecule has 2 unspecified atom stereocenters. The van der Waals surface area contributed by atoms with Gasteiger partial charge >= 0.3 is 0 Å². The predicted octanol–water partition coefficient (Wildman–Crippen LogP) is 2.72. The number of amides is 2. The lowest BCUT2D eigenvalue weighted by Crippen LogP contribution is -2.67. The minimum Gasteiger partial charge on any atom is -0.342 e. The maximum absolute atomic E-state index is 12.9. The topological polar surface area (TPSA) is 49.4 Å². The number of rotatable bonds is 4. The molecule has 1 aliphatic heterocycles. The summed E-state index contributed by atoms with van der Waals surface area (Å²) in [5, 5.41) is 2.97. The van der Waals surface area contributed by atoms with Crippen molar-refractivity contribution in [3.8, 4) is 0 Å².